The summed E-state index contributed by atoms with van der Waals surface area (Å²) in [5.74, 6) is 0.522. The van der Waals surface area contributed by atoms with E-state index in [1.807, 2.05) is 7.05 Å². The van der Waals surface area contributed by atoms with E-state index in [4.69, 9.17) is 0 Å². The summed E-state index contributed by atoms with van der Waals surface area (Å²) in [4.78, 5) is 12.3. The standard InChI is InChI=1S/C16H19N3O/c1-11-3-5-12(6-4-11)15(13-7-8-13)18-16(20)14-9-17-19(2)10-14/h3-6,9-10,13,15H,7-8H2,1-2H3,(H,18,20)/t15-/m1/s1. The number of rotatable bonds is 4. The zero-order chi connectivity index (χ0) is 14.1. The molecule has 1 amide bonds. The fourth-order valence-electron chi connectivity index (χ4n) is 2.44. The minimum atomic E-state index is -0.0458. The number of aromatic nitrogens is 2. The van der Waals surface area contributed by atoms with Crippen LogP contribution in [-0.4, -0.2) is 15.7 Å². The van der Waals surface area contributed by atoms with Gasteiger partial charge in [-0.25, -0.2) is 0 Å². The number of carbonyl (C=O) groups is 1. The second kappa shape index (κ2) is 5.12. The molecule has 0 bridgehead atoms. The Morgan fingerprint density at radius 2 is 2.05 bits per heavy atom. The van der Waals surface area contributed by atoms with Gasteiger partial charge in [0, 0.05) is 13.2 Å². The van der Waals surface area contributed by atoms with Gasteiger partial charge in [-0.15, -0.1) is 0 Å². The average Bonchev–Trinajstić information content (AvgIpc) is 3.18. The van der Waals surface area contributed by atoms with E-state index in [1.165, 1.54) is 24.0 Å². The van der Waals surface area contributed by atoms with E-state index in [9.17, 15) is 4.79 Å². The zero-order valence-corrected chi connectivity index (χ0v) is 11.8. The molecule has 0 aliphatic heterocycles. The van der Waals surface area contributed by atoms with Crippen LogP contribution in [0.5, 0.6) is 0 Å². The van der Waals surface area contributed by atoms with Crippen LogP contribution < -0.4 is 5.32 Å². The Balaban J connectivity index is 1.78. The molecule has 1 aromatic heterocycles. The highest BCUT2D eigenvalue weighted by molar-refractivity contribution is 5.94. The van der Waals surface area contributed by atoms with E-state index in [-0.39, 0.29) is 11.9 Å². The molecule has 1 aliphatic carbocycles. The lowest BCUT2D eigenvalue weighted by Crippen LogP contribution is -2.29. The number of hydrogen-bond acceptors (Lipinski definition) is 2. The monoisotopic (exact) mass is 269 g/mol. The molecule has 1 fully saturated rings. The van der Waals surface area contributed by atoms with Gasteiger partial charge in [0.15, 0.2) is 0 Å². The Morgan fingerprint density at radius 3 is 2.60 bits per heavy atom. The van der Waals surface area contributed by atoms with Gasteiger partial charge in [0.05, 0.1) is 17.8 Å². The summed E-state index contributed by atoms with van der Waals surface area (Å²) >= 11 is 0. The van der Waals surface area contributed by atoms with Crippen LogP contribution in [0.4, 0.5) is 0 Å². The van der Waals surface area contributed by atoms with E-state index in [0.717, 1.165) is 0 Å². The molecule has 1 aromatic carbocycles. The summed E-state index contributed by atoms with van der Waals surface area (Å²) in [7, 11) is 1.81. The second-order valence-electron chi connectivity index (χ2n) is 5.60. The molecular weight excluding hydrogens is 250 g/mol. The van der Waals surface area contributed by atoms with E-state index >= 15 is 0 Å². The van der Waals surface area contributed by atoms with Crippen LogP contribution in [0.1, 0.15) is 40.4 Å². The number of nitrogens with one attached hydrogen (secondary N) is 1. The van der Waals surface area contributed by atoms with Crippen molar-refractivity contribution in [1.82, 2.24) is 15.1 Å². The van der Waals surface area contributed by atoms with Crippen LogP contribution in [0.15, 0.2) is 36.7 Å². The van der Waals surface area contributed by atoms with Crippen molar-refractivity contribution < 1.29 is 4.79 Å². The lowest BCUT2D eigenvalue weighted by Gasteiger charge is -2.18. The molecule has 0 spiro atoms. The maximum absolute atomic E-state index is 12.3. The SMILES string of the molecule is Cc1ccc([C@@H](NC(=O)c2cnn(C)c2)C2CC2)cc1. The van der Waals surface area contributed by atoms with E-state index < -0.39 is 0 Å². The van der Waals surface area contributed by atoms with Gasteiger partial charge in [0.2, 0.25) is 0 Å². The van der Waals surface area contributed by atoms with Crippen molar-refractivity contribution in [2.45, 2.75) is 25.8 Å². The third-order valence-electron chi connectivity index (χ3n) is 3.78. The van der Waals surface area contributed by atoms with Crippen LogP contribution >= 0.6 is 0 Å². The Kier molecular flexibility index (Phi) is 3.30. The Hall–Kier alpha value is -2.10. The Bertz CT molecular complexity index is 611. The maximum atomic E-state index is 12.3. The minimum Gasteiger partial charge on any atom is -0.345 e. The van der Waals surface area contributed by atoms with Crippen molar-refractivity contribution in [2.75, 3.05) is 0 Å². The number of amides is 1. The molecule has 0 unspecified atom stereocenters. The van der Waals surface area contributed by atoms with Gasteiger partial charge in [-0.1, -0.05) is 29.8 Å². The zero-order valence-electron chi connectivity index (χ0n) is 11.8. The molecular formula is C16H19N3O. The van der Waals surface area contributed by atoms with Crippen LogP contribution in [0.2, 0.25) is 0 Å². The van der Waals surface area contributed by atoms with E-state index in [0.29, 0.717) is 11.5 Å². The van der Waals surface area contributed by atoms with Crippen LogP contribution in [0.25, 0.3) is 0 Å². The fourth-order valence-corrected chi connectivity index (χ4v) is 2.44. The molecule has 20 heavy (non-hydrogen) atoms. The first-order chi connectivity index (χ1) is 9.63. The largest absolute Gasteiger partial charge is 0.345 e. The summed E-state index contributed by atoms with van der Waals surface area (Å²) in [6, 6.07) is 8.54. The molecule has 1 saturated carbocycles. The first kappa shape index (κ1) is 12.9. The highest BCUT2D eigenvalue weighted by Gasteiger charge is 2.33. The quantitative estimate of drug-likeness (QED) is 0.927. The van der Waals surface area contributed by atoms with Gasteiger partial charge in [-0.05, 0) is 31.2 Å². The predicted molar refractivity (Wildman–Crippen MR) is 77.3 cm³/mol. The van der Waals surface area contributed by atoms with Gasteiger partial charge in [-0.2, -0.15) is 5.10 Å². The Labute approximate surface area is 118 Å². The number of nitrogens with zero attached hydrogens (tertiary/aromatic N) is 2. The van der Waals surface area contributed by atoms with Crippen LogP contribution in [0, 0.1) is 12.8 Å². The van der Waals surface area contributed by atoms with Gasteiger partial charge < -0.3 is 5.32 Å². The highest BCUT2D eigenvalue weighted by atomic mass is 16.1. The van der Waals surface area contributed by atoms with Crippen molar-refractivity contribution in [3.05, 3.63) is 53.3 Å². The third-order valence-corrected chi connectivity index (χ3v) is 3.78. The number of hydrogen-bond donors (Lipinski definition) is 1. The molecule has 0 radical (unpaired) electrons. The topological polar surface area (TPSA) is 46.9 Å². The molecule has 104 valence electrons. The van der Waals surface area contributed by atoms with Crippen molar-refractivity contribution in [3.8, 4) is 0 Å². The van der Waals surface area contributed by atoms with Gasteiger partial charge in [0.25, 0.3) is 5.91 Å². The molecule has 0 saturated heterocycles. The van der Waals surface area contributed by atoms with Gasteiger partial charge >= 0.3 is 0 Å². The first-order valence-electron chi connectivity index (χ1n) is 6.99. The predicted octanol–water partition coefficient (Wildman–Crippen LogP) is 2.61. The number of benzene rings is 1. The third kappa shape index (κ3) is 2.74. The molecule has 1 N–H and O–H groups in total. The van der Waals surface area contributed by atoms with Crippen molar-refractivity contribution in [3.63, 3.8) is 0 Å². The van der Waals surface area contributed by atoms with Gasteiger partial charge in [0.1, 0.15) is 0 Å². The molecule has 4 nitrogen and oxygen atoms in total. The van der Waals surface area contributed by atoms with Crippen LogP contribution in [0.3, 0.4) is 0 Å². The number of carbonyl (C=O) groups excluding carboxylic acids is 1. The summed E-state index contributed by atoms with van der Waals surface area (Å²) < 4.78 is 1.65. The summed E-state index contributed by atoms with van der Waals surface area (Å²) in [6.07, 6.45) is 5.72. The average molecular weight is 269 g/mol. The second-order valence-corrected chi connectivity index (χ2v) is 5.60. The summed E-state index contributed by atoms with van der Waals surface area (Å²) in [5, 5.41) is 7.20. The highest BCUT2D eigenvalue weighted by Crippen LogP contribution is 2.41. The van der Waals surface area contributed by atoms with Crippen molar-refractivity contribution >= 4 is 5.91 Å². The van der Waals surface area contributed by atoms with Crippen molar-refractivity contribution in [1.29, 1.82) is 0 Å². The summed E-state index contributed by atoms with van der Waals surface area (Å²) in [5.41, 5.74) is 3.04. The van der Waals surface area contributed by atoms with E-state index in [1.54, 1.807) is 17.1 Å². The van der Waals surface area contributed by atoms with Crippen LogP contribution in [-0.2, 0) is 7.05 Å². The lowest BCUT2D eigenvalue weighted by molar-refractivity contribution is 0.0931. The van der Waals surface area contributed by atoms with Crippen molar-refractivity contribution in [2.24, 2.45) is 13.0 Å². The molecule has 1 atom stereocenters. The van der Waals surface area contributed by atoms with E-state index in [2.05, 4.69) is 41.6 Å². The smallest absolute Gasteiger partial charge is 0.254 e. The number of aryl methyl sites for hydroxylation is 2. The maximum Gasteiger partial charge on any atom is 0.254 e. The first-order valence-corrected chi connectivity index (χ1v) is 6.99. The van der Waals surface area contributed by atoms with Gasteiger partial charge in [-0.3, -0.25) is 9.48 Å². The summed E-state index contributed by atoms with van der Waals surface area (Å²) in [6.45, 7) is 2.07. The minimum absolute atomic E-state index is 0.0458. The molecule has 3 rings (SSSR count). The lowest BCUT2D eigenvalue weighted by atomic mass is 10.0. The Morgan fingerprint density at radius 1 is 1.35 bits per heavy atom. The fraction of sp³-hybridized carbons (Fsp3) is 0.375. The normalized spacial score (nSPS) is 15.9. The molecule has 4 heteroatoms. The molecule has 1 heterocycles. The molecule has 2 aromatic rings. The molecule has 1 aliphatic rings.